The molecular formula is C13H23N5. The number of hydrogen-bond acceptors (Lipinski definition) is 5. The van der Waals surface area contributed by atoms with Crippen LogP contribution in [0.25, 0.3) is 0 Å². The van der Waals surface area contributed by atoms with Crippen LogP contribution in [0.2, 0.25) is 0 Å². The molecule has 0 bridgehead atoms. The molecule has 0 aromatic carbocycles. The summed E-state index contributed by atoms with van der Waals surface area (Å²) in [7, 11) is 0. The number of hydrazine groups is 1. The van der Waals surface area contributed by atoms with Crippen LogP contribution in [0.5, 0.6) is 0 Å². The fraction of sp³-hybridized carbons (Fsp3) is 0.692. The molecule has 0 aliphatic carbocycles. The molecule has 1 aromatic rings. The Morgan fingerprint density at radius 3 is 2.83 bits per heavy atom. The van der Waals surface area contributed by atoms with Crippen molar-refractivity contribution < 1.29 is 0 Å². The summed E-state index contributed by atoms with van der Waals surface area (Å²) in [5.41, 5.74) is 3.81. The number of nitrogen functional groups attached to an aromatic ring is 1. The number of nitrogens with zero attached hydrogens (tertiary/aromatic N) is 3. The fourth-order valence-corrected chi connectivity index (χ4v) is 2.67. The first kappa shape index (κ1) is 13.1. The van der Waals surface area contributed by atoms with Crippen molar-refractivity contribution in [2.75, 3.05) is 23.4 Å². The van der Waals surface area contributed by atoms with Crippen molar-refractivity contribution in [2.24, 2.45) is 11.8 Å². The maximum atomic E-state index is 5.56. The molecule has 18 heavy (non-hydrogen) atoms. The molecule has 1 atom stereocenters. The van der Waals surface area contributed by atoms with Gasteiger partial charge in [-0.25, -0.2) is 15.8 Å². The number of piperidine rings is 1. The van der Waals surface area contributed by atoms with Crippen molar-refractivity contribution in [3.05, 3.63) is 11.9 Å². The molecule has 100 valence electrons. The molecule has 5 heteroatoms. The predicted octanol–water partition coefficient (Wildman–Crippen LogP) is 2.12. The molecule has 0 amide bonds. The Morgan fingerprint density at radius 1 is 1.44 bits per heavy atom. The van der Waals surface area contributed by atoms with E-state index in [4.69, 9.17) is 5.84 Å². The summed E-state index contributed by atoms with van der Waals surface area (Å²) in [4.78, 5) is 11.1. The normalized spacial score (nSPS) is 20.3. The first-order valence-electron chi connectivity index (χ1n) is 6.70. The van der Waals surface area contributed by atoms with Gasteiger partial charge in [-0.1, -0.05) is 20.8 Å². The highest BCUT2D eigenvalue weighted by Gasteiger charge is 2.23. The van der Waals surface area contributed by atoms with Crippen LogP contribution >= 0.6 is 0 Å². The monoisotopic (exact) mass is 249 g/mol. The van der Waals surface area contributed by atoms with Gasteiger partial charge in [0.15, 0.2) is 0 Å². The van der Waals surface area contributed by atoms with Gasteiger partial charge in [0.25, 0.3) is 0 Å². The zero-order valence-corrected chi connectivity index (χ0v) is 11.5. The quantitative estimate of drug-likeness (QED) is 0.634. The molecule has 5 nitrogen and oxygen atoms in total. The van der Waals surface area contributed by atoms with Crippen molar-refractivity contribution in [3.63, 3.8) is 0 Å². The largest absolute Gasteiger partial charge is 0.356 e. The molecule has 0 radical (unpaired) electrons. The van der Waals surface area contributed by atoms with Crippen LogP contribution in [0.4, 0.5) is 11.6 Å². The van der Waals surface area contributed by atoms with Crippen molar-refractivity contribution in [3.8, 4) is 0 Å². The number of hydrogen-bond donors (Lipinski definition) is 2. The summed E-state index contributed by atoms with van der Waals surface area (Å²) in [6.45, 7) is 8.74. The number of anilines is 2. The van der Waals surface area contributed by atoms with Gasteiger partial charge < -0.3 is 10.3 Å². The molecule has 3 N–H and O–H groups in total. The van der Waals surface area contributed by atoms with Gasteiger partial charge in [-0.05, 0) is 24.7 Å². The molecule has 1 aliphatic heterocycles. The molecular weight excluding hydrogens is 226 g/mol. The van der Waals surface area contributed by atoms with E-state index in [9.17, 15) is 0 Å². The van der Waals surface area contributed by atoms with Gasteiger partial charge in [0.05, 0.1) is 0 Å². The highest BCUT2D eigenvalue weighted by molar-refractivity contribution is 5.60. The smallest absolute Gasteiger partial charge is 0.148 e. The van der Waals surface area contributed by atoms with E-state index in [2.05, 4.69) is 41.1 Å². The Morgan fingerprint density at radius 2 is 2.22 bits per heavy atom. The predicted molar refractivity (Wildman–Crippen MR) is 74.5 cm³/mol. The van der Waals surface area contributed by atoms with Gasteiger partial charge in [-0.3, -0.25) is 0 Å². The Kier molecular flexibility index (Phi) is 4.01. The van der Waals surface area contributed by atoms with Gasteiger partial charge in [0.2, 0.25) is 0 Å². The van der Waals surface area contributed by atoms with E-state index in [0.717, 1.165) is 36.2 Å². The van der Waals surface area contributed by atoms with Gasteiger partial charge in [0.1, 0.15) is 18.0 Å². The highest BCUT2D eigenvalue weighted by atomic mass is 15.3. The SMILES string of the molecule is CC1CCCN(c2ncnc(NN)c2C(C)C)C1. The molecule has 1 aromatic heterocycles. The van der Waals surface area contributed by atoms with Crippen LogP contribution in [-0.4, -0.2) is 23.1 Å². The summed E-state index contributed by atoms with van der Waals surface area (Å²) in [6, 6.07) is 0. The van der Waals surface area contributed by atoms with Crippen molar-refractivity contribution >= 4 is 11.6 Å². The first-order chi connectivity index (χ1) is 8.63. The standard InChI is InChI=1S/C13H23N5/c1-9(2)11-12(17-14)15-8-16-13(11)18-6-4-5-10(3)7-18/h8-10H,4-7,14H2,1-3H3,(H,15,16,17). The third-order valence-corrected chi connectivity index (χ3v) is 3.53. The second-order valence-electron chi connectivity index (χ2n) is 5.45. The van der Waals surface area contributed by atoms with E-state index in [1.807, 2.05) is 0 Å². The number of nitrogens with two attached hydrogens (primary N) is 1. The molecule has 2 heterocycles. The average Bonchev–Trinajstić information content (AvgIpc) is 2.37. The Balaban J connectivity index is 2.36. The van der Waals surface area contributed by atoms with Crippen LogP contribution in [0, 0.1) is 5.92 Å². The van der Waals surface area contributed by atoms with E-state index in [0.29, 0.717) is 5.92 Å². The summed E-state index contributed by atoms with van der Waals surface area (Å²) in [6.07, 6.45) is 4.13. The van der Waals surface area contributed by atoms with E-state index in [1.165, 1.54) is 12.8 Å². The van der Waals surface area contributed by atoms with Crippen LogP contribution < -0.4 is 16.2 Å². The minimum absolute atomic E-state index is 0.351. The lowest BCUT2D eigenvalue weighted by Gasteiger charge is -2.33. The van der Waals surface area contributed by atoms with Crippen molar-refractivity contribution in [1.29, 1.82) is 0 Å². The number of rotatable bonds is 3. The summed E-state index contributed by atoms with van der Waals surface area (Å²) in [5.74, 6) is 8.42. The second kappa shape index (κ2) is 5.52. The minimum Gasteiger partial charge on any atom is -0.356 e. The van der Waals surface area contributed by atoms with Crippen LogP contribution in [0.1, 0.15) is 45.1 Å². The average molecular weight is 249 g/mol. The van der Waals surface area contributed by atoms with Crippen molar-refractivity contribution in [2.45, 2.75) is 39.5 Å². The fourth-order valence-electron chi connectivity index (χ4n) is 2.67. The Labute approximate surface area is 109 Å². The molecule has 1 saturated heterocycles. The van der Waals surface area contributed by atoms with E-state index in [-0.39, 0.29) is 0 Å². The minimum atomic E-state index is 0.351. The molecule has 0 saturated carbocycles. The molecule has 1 fully saturated rings. The lowest BCUT2D eigenvalue weighted by atomic mass is 9.98. The van der Waals surface area contributed by atoms with E-state index in [1.54, 1.807) is 6.33 Å². The summed E-state index contributed by atoms with van der Waals surface area (Å²) >= 11 is 0. The highest BCUT2D eigenvalue weighted by Crippen LogP contribution is 2.32. The van der Waals surface area contributed by atoms with Crippen LogP contribution in [0.3, 0.4) is 0 Å². The number of nitrogens with one attached hydrogen (secondary N) is 1. The van der Waals surface area contributed by atoms with Gasteiger partial charge in [-0.2, -0.15) is 0 Å². The maximum absolute atomic E-state index is 5.56. The maximum Gasteiger partial charge on any atom is 0.148 e. The Hall–Kier alpha value is -1.36. The van der Waals surface area contributed by atoms with E-state index < -0.39 is 0 Å². The molecule has 1 aliphatic rings. The first-order valence-corrected chi connectivity index (χ1v) is 6.70. The topological polar surface area (TPSA) is 67.1 Å². The van der Waals surface area contributed by atoms with Gasteiger partial charge in [0, 0.05) is 18.7 Å². The van der Waals surface area contributed by atoms with Gasteiger partial charge >= 0.3 is 0 Å². The second-order valence-corrected chi connectivity index (χ2v) is 5.45. The third-order valence-electron chi connectivity index (χ3n) is 3.53. The molecule has 1 unspecified atom stereocenters. The summed E-state index contributed by atoms with van der Waals surface area (Å²) in [5, 5.41) is 0. The molecule has 2 rings (SSSR count). The zero-order valence-electron chi connectivity index (χ0n) is 11.5. The molecule has 0 spiro atoms. The zero-order chi connectivity index (χ0) is 13.1. The van der Waals surface area contributed by atoms with E-state index >= 15 is 0 Å². The third kappa shape index (κ3) is 2.56. The van der Waals surface area contributed by atoms with Crippen LogP contribution in [0.15, 0.2) is 6.33 Å². The lowest BCUT2D eigenvalue weighted by molar-refractivity contribution is 0.443. The Bertz CT molecular complexity index is 404. The summed E-state index contributed by atoms with van der Waals surface area (Å²) < 4.78 is 0. The number of aromatic nitrogens is 2. The van der Waals surface area contributed by atoms with Crippen LogP contribution in [-0.2, 0) is 0 Å². The van der Waals surface area contributed by atoms with Gasteiger partial charge in [-0.15, -0.1) is 0 Å². The lowest BCUT2D eigenvalue weighted by Crippen LogP contribution is -2.36. The van der Waals surface area contributed by atoms with Crippen molar-refractivity contribution in [1.82, 2.24) is 9.97 Å².